The Morgan fingerprint density at radius 2 is 2.28 bits per heavy atom. The van der Waals surface area contributed by atoms with Gasteiger partial charge >= 0.3 is 6.55 Å². The van der Waals surface area contributed by atoms with Crippen molar-refractivity contribution in [1.82, 2.24) is 9.55 Å². The summed E-state index contributed by atoms with van der Waals surface area (Å²) >= 11 is 1.36. The van der Waals surface area contributed by atoms with E-state index in [2.05, 4.69) is 4.98 Å². The van der Waals surface area contributed by atoms with Gasteiger partial charge < -0.3 is 0 Å². The van der Waals surface area contributed by atoms with Crippen LogP contribution in [0.5, 0.6) is 0 Å². The average Bonchev–Trinajstić information content (AvgIpc) is 2.85. The molecule has 0 aliphatic carbocycles. The van der Waals surface area contributed by atoms with E-state index in [-0.39, 0.29) is 0 Å². The summed E-state index contributed by atoms with van der Waals surface area (Å²) in [5, 5.41) is 0. The third-order valence-corrected chi connectivity index (χ3v) is 3.31. The van der Waals surface area contributed by atoms with E-state index in [0.717, 1.165) is 15.7 Å². The number of rotatable bonds is 5. The second-order valence-electron chi connectivity index (χ2n) is 3.51. The van der Waals surface area contributed by atoms with E-state index in [1.54, 1.807) is 18.2 Å². The summed E-state index contributed by atoms with van der Waals surface area (Å²) < 4.78 is 26.0. The number of hydrogen-bond acceptors (Lipinski definition) is 3. The molecular formula is C12H10F2N2OS. The molecule has 0 aliphatic heterocycles. The van der Waals surface area contributed by atoms with E-state index >= 15 is 0 Å². The maximum Gasteiger partial charge on any atom is 0.319 e. The molecule has 2 rings (SSSR count). The number of benzene rings is 1. The van der Waals surface area contributed by atoms with Crippen LogP contribution in [0.1, 0.15) is 22.7 Å². The van der Waals surface area contributed by atoms with Crippen LogP contribution in [0.4, 0.5) is 8.78 Å². The van der Waals surface area contributed by atoms with E-state index in [0.29, 0.717) is 17.1 Å². The average molecular weight is 268 g/mol. The lowest BCUT2D eigenvalue weighted by Crippen LogP contribution is -2.01. The van der Waals surface area contributed by atoms with Gasteiger partial charge in [-0.15, -0.1) is 11.8 Å². The van der Waals surface area contributed by atoms with Gasteiger partial charge in [0.15, 0.2) is 0 Å². The Hall–Kier alpha value is -1.69. The first-order valence-corrected chi connectivity index (χ1v) is 6.17. The maximum absolute atomic E-state index is 12.6. The monoisotopic (exact) mass is 268 g/mol. The quantitative estimate of drug-likeness (QED) is 0.616. The van der Waals surface area contributed by atoms with Gasteiger partial charge in [0.05, 0.1) is 5.75 Å². The highest BCUT2D eigenvalue weighted by molar-refractivity contribution is 7.98. The fourth-order valence-corrected chi connectivity index (χ4v) is 2.37. The number of alkyl halides is 2. The Bertz CT molecular complexity index is 542. The highest BCUT2D eigenvalue weighted by Gasteiger charge is 2.11. The van der Waals surface area contributed by atoms with Gasteiger partial charge in [0, 0.05) is 22.9 Å². The number of imidazole rings is 1. The normalized spacial score (nSPS) is 10.8. The highest BCUT2D eigenvalue weighted by Crippen LogP contribution is 2.24. The first-order valence-electron chi connectivity index (χ1n) is 5.18. The molecule has 1 aromatic heterocycles. The first kappa shape index (κ1) is 12.8. The Morgan fingerprint density at radius 1 is 1.44 bits per heavy atom. The predicted molar refractivity (Wildman–Crippen MR) is 64.9 cm³/mol. The van der Waals surface area contributed by atoms with Crippen LogP contribution < -0.4 is 0 Å². The van der Waals surface area contributed by atoms with Crippen molar-refractivity contribution in [2.45, 2.75) is 17.2 Å². The van der Waals surface area contributed by atoms with Crippen molar-refractivity contribution in [3.05, 3.63) is 48.0 Å². The van der Waals surface area contributed by atoms with Crippen molar-refractivity contribution >= 4 is 18.0 Å². The number of hydrogen-bond donors (Lipinski definition) is 0. The molecule has 1 aromatic carbocycles. The summed E-state index contributed by atoms with van der Waals surface area (Å²) in [6, 6.07) is 6.99. The van der Waals surface area contributed by atoms with Crippen LogP contribution in [0, 0.1) is 0 Å². The maximum atomic E-state index is 12.6. The fraction of sp³-hybridized carbons (Fsp3) is 0.167. The third-order valence-electron chi connectivity index (χ3n) is 2.32. The van der Waals surface area contributed by atoms with Crippen LogP contribution in [0.3, 0.4) is 0 Å². The Morgan fingerprint density at radius 3 is 3.00 bits per heavy atom. The summed E-state index contributed by atoms with van der Waals surface area (Å²) in [4.78, 5) is 15.3. The predicted octanol–water partition coefficient (Wildman–Crippen LogP) is 3.38. The van der Waals surface area contributed by atoms with Crippen molar-refractivity contribution in [3.8, 4) is 0 Å². The zero-order valence-electron chi connectivity index (χ0n) is 9.29. The fourth-order valence-electron chi connectivity index (χ4n) is 1.46. The minimum Gasteiger partial charge on any atom is -0.298 e. The summed E-state index contributed by atoms with van der Waals surface area (Å²) in [6.07, 6.45) is 3.36. The number of halogens is 2. The van der Waals surface area contributed by atoms with Gasteiger partial charge in [-0.25, -0.2) is 4.98 Å². The smallest absolute Gasteiger partial charge is 0.298 e. The molecule has 18 heavy (non-hydrogen) atoms. The molecule has 6 heteroatoms. The van der Waals surface area contributed by atoms with E-state index in [4.69, 9.17) is 0 Å². The molecule has 0 amide bonds. The number of nitrogens with zero attached hydrogens (tertiary/aromatic N) is 2. The second kappa shape index (κ2) is 5.77. The van der Waals surface area contributed by atoms with E-state index in [1.807, 2.05) is 6.07 Å². The lowest BCUT2D eigenvalue weighted by Gasteiger charge is -2.06. The van der Waals surface area contributed by atoms with Crippen LogP contribution in [-0.4, -0.2) is 15.8 Å². The molecule has 0 saturated carbocycles. The summed E-state index contributed by atoms with van der Waals surface area (Å²) in [7, 11) is 0. The lowest BCUT2D eigenvalue weighted by molar-refractivity contribution is 0.0678. The van der Waals surface area contributed by atoms with Crippen LogP contribution in [0.15, 0.2) is 41.6 Å². The Labute approximate surface area is 107 Å². The summed E-state index contributed by atoms with van der Waals surface area (Å²) in [5.41, 5.74) is 0.567. The van der Waals surface area contributed by atoms with E-state index in [9.17, 15) is 13.6 Å². The van der Waals surface area contributed by atoms with Crippen molar-refractivity contribution in [1.29, 1.82) is 0 Å². The van der Waals surface area contributed by atoms with Gasteiger partial charge in [-0.3, -0.25) is 9.36 Å². The molecular weight excluding hydrogens is 258 g/mol. The molecule has 94 valence electrons. The minimum absolute atomic E-state index is 0.312. The third kappa shape index (κ3) is 2.95. The number of aromatic nitrogens is 2. The van der Waals surface area contributed by atoms with Gasteiger partial charge in [0.2, 0.25) is 0 Å². The molecule has 1 heterocycles. The number of aldehydes is 1. The molecule has 0 aliphatic rings. The highest BCUT2D eigenvalue weighted by atomic mass is 32.2. The Kier molecular flexibility index (Phi) is 4.09. The summed E-state index contributed by atoms with van der Waals surface area (Å²) in [6.45, 7) is -2.58. The number of thioether (sulfide) groups is 1. The van der Waals surface area contributed by atoms with Gasteiger partial charge in [0.25, 0.3) is 0 Å². The standard InChI is InChI=1S/C12H10F2N2OS/c13-12(14)16-5-4-15-11(16)8-18-10-3-1-2-9(6-10)7-17/h1-7,12H,8H2. The van der Waals surface area contributed by atoms with E-state index < -0.39 is 6.55 Å². The molecule has 0 fully saturated rings. The SMILES string of the molecule is O=Cc1cccc(SCc2nccn2C(F)F)c1. The molecule has 0 N–H and O–H groups in total. The molecule has 0 atom stereocenters. The topological polar surface area (TPSA) is 34.9 Å². The largest absolute Gasteiger partial charge is 0.319 e. The molecule has 0 spiro atoms. The van der Waals surface area contributed by atoms with Crippen LogP contribution in [-0.2, 0) is 5.75 Å². The first-order chi connectivity index (χ1) is 8.70. The molecule has 0 unspecified atom stereocenters. The van der Waals surface area contributed by atoms with Gasteiger partial charge in [-0.2, -0.15) is 8.78 Å². The zero-order chi connectivity index (χ0) is 13.0. The van der Waals surface area contributed by atoms with Crippen LogP contribution in [0.25, 0.3) is 0 Å². The van der Waals surface area contributed by atoms with Gasteiger partial charge in [-0.1, -0.05) is 12.1 Å². The lowest BCUT2D eigenvalue weighted by atomic mass is 10.2. The molecule has 0 bridgehead atoms. The van der Waals surface area contributed by atoms with Crippen molar-refractivity contribution < 1.29 is 13.6 Å². The second-order valence-corrected chi connectivity index (χ2v) is 4.56. The minimum atomic E-state index is -2.58. The number of carbonyl (C=O) groups excluding carboxylic acids is 1. The van der Waals surface area contributed by atoms with Crippen LogP contribution in [0.2, 0.25) is 0 Å². The van der Waals surface area contributed by atoms with Gasteiger partial charge in [0.1, 0.15) is 12.1 Å². The molecule has 0 radical (unpaired) electrons. The summed E-state index contributed by atoms with van der Waals surface area (Å²) in [5.74, 6) is 0.645. The molecule has 0 saturated heterocycles. The van der Waals surface area contributed by atoms with Gasteiger partial charge in [-0.05, 0) is 12.1 Å². The van der Waals surface area contributed by atoms with Crippen molar-refractivity contribution in [2.24, 2.45) is 0 Å². The zero-order valence-corrected chi connectivity index (χ0v) is 10.1. The Balaban J connectivity index is 2.06. The number of carbonyl (C=O) groups is 1. The van der Waals surface area contributed by atoms with Crippen LogP contribution >= 0.6 is 11.8 Å². The molecule has 2 aromatic rings. The van der Waals surface area contributed by atoms with Crippen molar-refractivity contribution in [2.75, 3.05) is 0 Å². The molecule has 3 nitrogen and oxygen atoms in total. The van der Waals surface area contributed by atoms with Crippen molar-refractivity contribution in [3.63, 3.8) is 0 Å². The van der Waals surface area contributed by atoms with E-state index in [1.165, 1.54) is 24.2 Å².